The molecule has 0 aromatic rings. The van der Waals surface area contributed by atoms with Crippen molar-refractivity contribution in [3.05, 3.63) is 23.3 Å². The average molecular weight is 220 g/mol. The molecular formula is C15H24O. The van der Waals surface area contributed by atoms with Crippen molar-refractivity contribution in [2.75, 3.05) is 0 Å². The van der Waals surface area contributed by atoms with Crippen molar-refractivity contribution < 1.29 is 4.74 Å². The van der Waals surface area contributed by atoms with Gasteiger partial charge in [-0.15, -0.1) is 0 Å². The molecule has 0 N–H and O–H groups in total. The summed E-state index contributed by atoms with van der Waals surface area (Å²) in [5, 5.41) is 0. The van der Waals surface area contributed by atoms with Gasteiger partial charge in [-0.2, -0.15) is 0 Å². The zero-order chi connectivity index (χ0) is 11.6. The Morgan fingerprint density at radius 2 is 1.81 bits per heavy atom. The standard InChI is InChI=1S/C15H24O/c1-12-6-4-7-13(2)9-10-14-15(3,16-14)11-5-8-12/h7-8,14H,4-6,9-11H2,1-3H3/t14-,15+/m1/s1. The van der Waals surface area contributed by atoms with Crippen LogP contribution in [0.5, 0.6) is 0 Å². The average Bonchev–Trinajstić information content (AvgIpc) is 2.85. The van der Waals surface area contributed by atoms with E-state index < -0.39 is 0 Å². The molecule has 1 saturated heterocycles. The molecule has 0 spiro atoms. The van der Waals surface area contributed by atoms with Crippen LogP contribution in [0.25, 0.3) is 0 Å². The molecule has 0 unspecified atom stereocenters. The Morgan fingerprint density at radius 1 is 1.12 bits per heavy atom. The number of epoxide rings is 1. The summed E-state index contributed by atoms with van der Waals surface area (Å²) in [7, 11) is 0. The van der Waals surface area contributed by atoms with Crippen LogP contribution in [0.15, 0.2) is 23.3 Å². The molecule has 1 aliphatic carbocycles. The molecular weight excluding hydrogens is 196 g/mol. The number of rotatable bonds is 0. The van der Waals surface area contributed by atoms with Gasteiger partial charge in [-0.3, -0.25) is 0 Å². The summed E-state index contributed by atoms with van der Waals surface area (Å²) in [6, 6.07) is 0. The maximum atomic E-state index is 5.85. The predicted octanol–water partition coefficient (Wildman–Crippen LogP) is 4.39. The molecule has 2 rings (SSSR count). The van der Waals surface area contributed by atoms with Crippen molar-refractivity contribution in [3.63, 3.8) is 0 Å². The second-order valence-corrected chi connectivity index (χ2v) is 5.64. The largest absolute Gasteiger partial charge is 0.366 e. The monoisotopic (exact) mass is 220 g/mol. The Morgan fingerprint density at radius 3 is 2.62 bits per heavy atom. The fourth-order valence-corrected chi connectivity index (χ4v) is 2.59. The van der Waals surface area contributed by atoms with Gasteiger partial charge in [0.25, 0.3) is 0 Å². The van der Waals surface area contributed by atoms with Crippen molar-refractivity contribution in [1.29, 1.82) is 0 Å². The van der Waals surface area contributed by atoms with Gasteiger partial charge in [0.05, 0.1) is 11.7 Å². The molecule has 90 valence electrons. The van der Waals surface area contributed by atoms with Gasteiger partial charge in [0.2, 0.25) is 0 Å². The van der Waals surface area contributed by atoms with Crippen LogP contribution in [0.3, 0.4) is 0 Å². The topological polar surface area (TPSA) is 12.5 Å². The van der Waals surface area contributed by atoms with Gasteiger partial charge in [-0.05, 0) is 59.3 Å². The molecule has 1 fully saturated rings. The van der Waals surface area contributed by atoms with E-state index in [2.05, 4.69) is 32.9 Å². The lowest BCUT2D eigenvalue weighted by molar-refractivity contribution is 0.295. The lowest BCUT2D eigenvalue weighted by Gasteiger charge is -2.07. The lowest BCUT2D eigenvalue weighted by atomic mass is 9.95. The van der Waals surface area contributed by atoms with Crippen LogP contribution in [-0.4, -0.2) is 11.7 Å². The highest BCUT2D eigenvalue weighted by Gasteiger charge is 2.50. The van der Waals surface area contributed by atoms with Gasteiger partial charge in [0.1, 0.15) is 0 Å². The van der Waals surface area contributed by atoms with Crippen LogP contribution in [0.2, 0.25) is 0 Å². The Bertz CT molecular complexity index is 313. The molecule has 0 aromatic carbocycles. The Kier molecular flexibility index (Phi) is 3.53. The second kappa shape index (κ2) is 4.75. The molecule has 0 saturated carbocycles. The van der Waals surface area contributed by atoms with Crippen molar-refractivity contribution in [1.82, 2.24) is 0 Å². The van der Waals surface area contributed by atoms with Crippen molar-refractivity contribution in [3.8, 4) is 0 Å². The van der Waals surface area contributed by atoms with Gasteiger partial charge in [-0.25, -0.2) is 0 Å². The van der Waals surface area contributed by atoms with Crippen LogP contribution in [0.1, 0.15) is 59.3 Å². The summed E-state index contributed by atoms with van der Waals surface area (Å²) in [5.74, 6) is 0. The van der Waals surface area contributed by atoms with Crippen molar-refractivity contribution in [2.24, 2.45) is 0 Å². The number of ether oxygens (including phenoxy) is 1. The van der Waals surface area contributed by atoms with E-state index in [1.165, 1.54) is 49.7 Å². The molecule has 1 aliphatic heterocycles. The van der Waals surface area contributed by atoms with Crippen LogP contribution >= 0.6 is 0 Å². The molecule has 0 aromatic heterocycles. The summed E-state index contributed by atoms with van der Waals surface area (Å²) < 4.78 is 5.85. The first-order chi connectivity index (χ1) is 7.60. The Balaban J connectivity index is 1.99. The summed E-state index contributed by atoms with van der Waals surface area (Å²) in [5.41, 5.74) is 3.26. The first-order valence-electron chi connectivity index (χ1n) is 6.59. The minimum atomic E-state index is 0.191. The van der Waals surface area contributed by atoms with Crippen molar-refractivity contribution in [2.45, 2.75) is 71.0 Å². The molecule has 16 heavy (non-hydrogen) atoms. The molecule has 0 amide bonds. The second-order valence-electron chi connectivity index (χ2n) is 5.64. The van der Waals surface area contributed by atoms with E-state index in [9.17, 15) is 0 Å². The summed E-state index contributed by atoms with van der Waals surface area (Å²) >= 11 is 0. The SMILES string of the molecule is CC1=CCC[C@]2(C)O[C@@H]2CCC(C)=CCC1. The number of hydrogen-bond donors (Lipinski definition) is 0. The molecule has 1 nitrogen and oxygen atoms in total. The number of fused-ring (bicyclic) bond motifs is 1. The Labute approximate surface area is 99.6 Å². The summed E-state index contributed by atoms with van der Waals surface area (Å²) in [4.78, 5) is 0. The first kappa shape index (κ1) is 11.9. The third-order valence-electron chi connectivity index (χ3n) is 4.00. The van der Waals surface area contributed by atoms with E-state index in [0.717, 1.165) is 0 Å². The third kappa shape index (κ3) is 2.98. The lowest BCUT2D eigenvalue weighted by Crippen LogP contribution is -2.09. The maximum absolute atomic E-state index is 5.85. The number of hydrogen-bond acceptors (Lipinski definition) is 1. The molecule has 2 atom stereocenters. The van der Waals surface area contributed by atoms with E-state index in [0.29, 0.717) is 6.10 Å². The predicted molar refractivity (Wildman–Crippen MR) is 68.5 cm³/mol. The van der Waals surface area contributed by atoms with E-state index in [1.54, 1.807) is 0 Å². The molecule has 1 heterocycles. The molecule has 2 aliphatic rings. The Hall–Kier alpha value is -0.560. The van der Waals surface area contributed by atoms with Gasteiger partial charge in [0.15, 0.2) is 0 Å². The van der Waals surface area contributed by atoms with Crippen molar-refractivity contribution >= 4 is 0 Å². The minimum absolute atomic E-state index is 0.191. The fraction of sp³-hybridized carbons (Fsp3) is 0.733. The molecule has 0 radical (unpaired) electrons. The van der Waals surface area contributed by atoms with Crippen LogP contribution in [0, 0.1) is 0 Å². The third-order valence-corrected chi connectivity index (χ3v) is 4.00. The minimum Gasteiger partial charge on any atom is -0.366 e. The molecule has 0 bridgehead atoms. The summed E-state index contributed by atoms with van der Waals surface area (Å²) in [6.45, 7) is 6.78. The van der Waals surface area contributed by atoms with Gasteiger partial charge >= 0.3 is 0 Å². The zero-order valence-electron chi connectivity index (χ0n) is 10.9. The van der Waals surface area contributed by atoms with Gasteiger partial charge in [0, 0.05) is 0 Å². The van der Waals surface area contributed by atoms with Crippen LogP contribution in [-0.2, 0) is 4.74 Å². The summed E-state index contributed by atoms with van der Waals surface area (Å²) in [6.07, 6.45) is 12.5. The smallest absolute Gasteiger partial charge is 0.0923 e. The maximum Gasteiger partial charge on any atom is 0.0923 e. The van der Waals surface area contributed by atoms with E-state index in [4.69, 9.17) is 4.74 Å². The van der Waals surface area contributed by atoms with Gasteiger partial charge in [-0.1, -0.05) is 23.3 Å². The zero-order valence-corrected chi connectivity index (χ0v) is 10.9. The van der Waals surface area contributed by atoms with Gasteiger partial charge < -0.3 is 4.74 Å². The normalized spacial score (nSPS) is 36.3. The van der Waals surface area contributed by atoms with E-state index in [1.807, 2.05) is 0 Å². The highest BCUT2D eigenvalue weighted by Crippen LogP contribution is 2.43. The van der Waals surface area contributed by atoms with E-state index >= 15 is 0 Å². The quantitative estimate of drug-likeness (QED) is 0.435. The number of allylic oxidation sites excluding steroid dienone is 4. The molecule has 1 heteroatoms. The fourth-order valence-electron chi connectivity index (χ4n) is 2.59. The van der Waals surface area contributed by atoms with Crippen LogP contribution in [0.4, 0.5) is 0 Å². The van der Waals surface area contributed by atoms with E-state index in [-0.39, 0.29) is 5.60 Å². The highest BCUT2D eigenvalue weighted by atomic mass is 16.6. The van der Waals surface area contributed by atoms with Crippen LogP contribution < -0.4 is 0 Å². The first-order valence-corrected chi connectivity index (χ1v) is 6.59. The highest BCUT2D eigenvalue weighted by molar-refractivity contribution is 5.09.